The van der Waals surface area contributed by atoms with Crippen LogP contribution in [0, 0.1) is 11.6 Å². The number of halogens is 2. The Morgan fingerprint density at radius 2 is 1.46 bits per heavy atom. The summed E-state index contributed by atoms with van der Waals surface area (Å²) in [4.78, 5) is 41.2. The van der Waals surface area contributed by atoms with E-state index in [4.69, 9.17) is 0 Å². The summed E-state index contributed by atoms with van der Waals surface area (Å²) in [5, 5.41) is 15.5. The third-order valence-electron chi connectivity index (χ3n) is 7.15. The monoisotopic (exact) mass is 535 g/mol. The van der Waals surface area contributed by atoms with Crippen LogP contribution in [0.2, 0.25) is 0 Å². The average molecular weight is 536 g/mol. The van der Waals surface area contributed by atoms with Gasteiger partial charge < -0.3 is 20.6 Å². The minimum absolute atomic E-state index is 0.175. The van der Waals surface area contributed by atoms with Crippen LogP contribution in [0.1, 0.15) is 54.5 Å². The van der Waals surface area contributed by atoms with Crippen LogP contribution in [-0.2, 0) is 14.4 Å². The molecule has 1 saturated heterocycles. The van der Waals surface area contributed by atoms with Crippen LogP contribution in [0.4, 0.5) is 8.78 Å². The molecular formula is C30H31F2N3O4. The van der Waals surface area contributed by atoms with Crippen molar-refractivity contribution in [2.45, 2.75) is 49.9 Å². The molecule has 1 fully saturated rings. The molecule has 1 aliphatic rings. The molecule has 39 heavy (non-hydrogen) atoms. The fourth-order valence-electron chi connectivity index (χ4n) is 5.05. The van der Waals surface area contributed by atoms with E-state index in [1.165, 1.54) is 6.92 Å². The number of rotatable bonds is 7. The molecule has 204 valence electrons. The van der Waals surface area contributed by atoms with Gasteiger partial charge in [0.2, 0.25) is 11.8 Å². The molecule has 1 heterocycles. The van der Waals surface area contributed by atoms with E-state index in [9.17, 15) is 28.3 Å². The molecule has 5 atom stereocenters. The predicted molar refractivity (Wildman–Crippen MR) is 141 cm³/mol. The third kappa shape index (κ3) is 6.49. The number of aliphatic hydroxyl groups excluding tert-OH is 1. The maximum Gasteiger partial charge on any atom is 0.254 e. The van der Waals surface area contributed by atoms with Crippen molar-refractivity contribution in [2.24, 2.45) is 0 Å². The summed E-state index contributed by atoms with van der Waals surface area (Å²) in [6, 6.07) is 19.2. The molecule has 0 aliphatic carbocycles. The van der Waals surface area contributed by atoms with Gasteiger partial charge in [0.25, 0.3) is 5.91 Å². The maximum atomic E-state index is 13.8. The Morgan fingerprint density at radius 3 is 2.05 bits per heavy atom. The Labute approximate surface area is 225 Å². The van der Waals surface area contributed by atoms with E-state index in [-0.39, 0.29) is 23.4 Å². The number of carbonyl (C=O) groups excluding carboxylic acids is 3. The van der Waals surface area contributed by atoms with Crippen molar-refractivity contribution in [1.82, 2.24) is 15.5 Å². The summed E-state index contributed by atoms with van der Waals surface area (Å²) in [7, 11) is 1.71. The number of amides is 3. The molecule has 7 nitrogen and oxygen atoms in total. The Morgan fingerprint density at radius 1 is 0.897 bits per heavy atom. The maximum absolute atomic E-state index is 13.8. The van der Waals surface area contributed by atoms with Crippen LogP contribution in [0.25, 0.3) is 0 Å². The molecule has 0 bridgehead atoms. The van der Waals surface area contributed by atoms with Gasteiger partial charge in [0.1, 0.15) is 23.7 Å². The first-order chi connectivity index (χ1) is 18.7. The van der Waals surface area contributed by atoms with Gasteiger partial charge in [-0.1, -0.05) is 60.7 Å². The summed E-state index contributed by atoms with van der Waals surface area (Å²) >= 11 is 0. The first-order valence-corrected chi connectivity index (χ1v) is 12.8. The van der Waals surface area contributed by atoms with E-state index in [0.717, 1.165) is 23.3 Å². The van der Waals surface area contributed by atoms with Crippen molar-refractivity contribution in [3.63, 3.8) is 0 Å². The van der Waals surface area contributed by atoms with Gasteiger partial charge in [0.05, 0.1) is 6.04 Å². The van der Waals surface area contributed by atoms with E-state index >= 15 is 0 Å². The highest BCUT2D eigenvalue weighted by Crippen LogP contribution is 2.37. The van der Waals surface area contributed by atoms with Crippen LogP contribution < -0.4 is 10.6 Å². The molecule has 9 heteroatoms. The Balaban J connectivity index is 1.53. The van der Waals surface area contributed by atoms with Gasteiger partial charge in [-0.05, 0) is 48.6 Å². The molecule has 3 N–H and O–H groups in total. The Bertz CT molecular complexity index is 1300. The minimum Gasteiger partial charge on any atom is -0.378 e. The fraction of sp³-hybridized carbons (Fsp3) is 0.300. The Kier molecular flexibility index (Phi) is 8.71. The number of likely N-dealkylation sites (tertiary alicyclic amines) is 1. The van der Waals surface area contributed by atoms with Crippen molar-refractivity contribution in [3.8, 4) is 0 Å². The molecule has 3 aromatic carbocycles. The highest BCUT2D eigenvalue weighted by molar-refractivity contribution is 5.93. The van der Waals surface area contributed by atoms with Crippen molar-refractivity contribution in [3.05, 3.63) is 107 Å². The lowest BCUT2D eigenvalue weighted by atomic mass is 9.86. The fourth-order valence-corrected chi connectivity index (χ4v) is 5.05. The smallest absolute Gasteiger partial charge is 0.254 e. The summed E-state index contributed by atoms with van der Waals surface area (Å²) in [6.07, 6.45) is -0.587. The van der Waals surface area contributed by atoms with Crippen molar-refractivity contribution >= 4 is 17.7 Å². The lowest BCUT2D eigenvalue weighted by Crippen LogP contribution is -2.54. The minimum atomic E-state index is -1.89. The topological polar surface area (TPSA) is 98.7 Å². The highest BCUT2D eigenvalue weighted by atomic mass is 19.1. The molecule has 3 amide bonds. The molecule has 0 saturated carbocycles. The van der Waals surface area contributed by atoms with Crippen molar-refractivity contribution < 1.29 is 28.3 Å². The van der Waals surface area contributed by atoms with Gasteiger partial charge in [-0.2, -0.15) is 0 Å². The lowest BCUT2D eigenvalue weighted by molar-refractivity contribution is -0.138. The summed E-state index contributed by atoms with van der Waals surface area (Å²) in [5.74, 6) is -4.11. The normalized spacial score (nSPS) is 21.0. The molecule has 0 unspecified atom stereocenters. The number of benzene rings is 3. The van der Waals surface area contributed by atoms with Gasteiger partial charge in [-0.25, -0.2) is 8.78 Å². The Hall–Kier alpha value is -4.11. The van der Waals surface area contributed by atoms with E-state index < -0.39 is 41.6 Å². The van der Waals surface area contributed by atoms with Gasteiger partial charge in [0, 0.05) is 19.0 Å². The molecule has 4 rings (SSSR count). The zero-order valence-corrected chi connectivity index (χ0v) is 21.7. The SMILES string of the molecule is C[C@H](NC(=O)[C@@H](O)c1cc(F)cc(F)c1)C(=O)N[C@@H]1C(=O)N(C)[C@H](c2ccccc2)CC[C@@H]1c1ccccc1. The van der Waals surface area contributed by atoms with Crippen molar-refractivity contribution in [2.75, 3.05) is 7.05 Å². The van der Waals surface area contributed by atoms with Crippen LogP contribution >= 0.6 is 0 Å². The zero-order chi connectivity index (χ0) is 28.1. The molecule has 0 spiro atoms. The predicted octanol–water partition coefficient (Wildman–Crippen LogP) is 3.77. The van der Waals surface area contributed by atoms with Gasteiger partial charge in [-0.3, -0.25) is 14.4 Å². The second-order valence-corrected chi connectivity index (χ2v) is 9.79. The number of aliphatic hydroxyl groups is 1. The van der Waals surface area contributed by atoms with E-state index in [1.54, 1.807) is 11.9 Å². The zero-order valence-electron chi connectivity index (χ0n) is 21.7. The van der Waals surface area contributed by atoms with E-state index in [0.29, 0.717) is 18.9 Å². The molecule has 1 aliphatic heterocycles. The summed E-state index contributed by atoms with van der Waals surface area (Å²) < 4.78 is 27.1. The van der Waals surface area contributed by atoms with Crippen LogP contribution in [-0.4, -0.2) is 46.9 Å². The third-order valence-corrected chi connectivity index (χ3v) is 7.15. The number of hydrogen-bond acceptors (Lipinski definition) is 4. The quantitative estimate of drug-likeness (QED) is 0.429. The van der Waals surface area contributed by atoms with Crippen molar-refractivity contribution in [1.29, 1.82) is 0 Å². The highest BCUT2D eigenvalue weighted by Gasteiger charge is 2.40. The van der Waals surface area contributed by atoms with Crippen LogP contribution in [0.5, 0.6) is 0 Å². The summed E-state index contributed by atoms with van der Waals surface area (Å²) in [6.45, 7) is 1.40. The van der Waals surface area contributed by atoms with Gasteiger partial charge in [0.15, 0.2) is 6.10 Å². The number of carbonyl (C=O) groups is 3. The molecular weight excluding hydrogens is 504 g/mol. The van der Waals surface area contributed by atoms with E-state index in [2.05, 4.69) is 10.6 Å². The number of likely N-dealkylation sites (N-methyl/N-ethyl adjacent to an activating group) is 1. The first kappa shape index (κ1) is 27.9. The standard InChI is InChI=1S/C30H31F2N3O4/c1-18(33-29(38)27(36)21-15-22(31)17-23(32)16-21)28(37)34-26-24(19-9-5-3-6-10-19)13-14-25(35(2)30(26)39)20-11-7-4-8-12-20/h3-12,15-18,24-27,36H,13-14H2,1-2H3,(H,33,38)(H,34,37)/t18-,24+,25-,26-,27-/m0/s1. The summed E-state index contributed by atoms with van der Waals surface area (Å²) in [5.41, 5.74) is 1.61. The first-order valence-electron chi connectivity index (χ1n) is 12.8. The van der Waals surface area contributed by atoms with Gasteiger partial charge in [-0.15, -0.1) is 0 Å². The number of hydrogen-bond donors (Lipinski definition) is 3. The average Bonchev–Trinajstić information content (AvgIpc) is 3.04. The number of nitrogens with zero attached hydrogens (tertiary/aromatic N) is 1. The van der Waals surface area contributed by atoms with E-state index in [1.807, 2.05) is 60.7 Å². The van der Waals surface area contributed by atoms with Gasteiger partial charge >= 0.3 is 0 Å². The second kappa shape index (κ2) is 12.2. The lowest BCUT2D eigenvalue weighted by Gasteiger charge is -2.30. The molecule has 3 aromatic rings. The van der Waals surface area contributed by atoms with Crippen LogP contribution in [0.15, 0.2) is 78.9 Å². The molecule has 0 radical (unpaired) electrons. The largest absolute Gasteiger partial charge is 0.378 e. The number of nitrogens with one attached hydrogen (secondary N) is 2. The second-order valence-electron chi connectivity index (χ2n) is 9.79. The van der Waals surface area contributed by atoms with Crippen LogP contribution in [0.3, 0.4) is 0 Å². The molecule has 0 aromatic heterocycles.